The van der Waals surface area contributed by atoms with Crippen LogP contribution in [0.4, 0.5) is 0 Å². The first kappa shape index (κ1) is 10.6. The van der Waals surface area contributed by atoms with Gasteiger partial charge in [0, 0.05) is 11.1 Å². The highest BCUT2D eigenvalue weighted by atomic mass is 16.6. The number of epoxide rings is 1. The van der Waals surface area contributed by atoms with E-state index >= 15 is 0 Å². The van der Waals surface area contributed by atoms with Crippen molar-refractivity contribution in [3.8, 4) is 0 Å². The number of rotatable bonds is 1. The van der Waals surface area contributed by atoms with E-state index in [2.05, 4.69) is 0 Å². The van der Waals surface area contributed by atoms with Gasteiger partial charge in [0.1, 0.15) is 6.10 Å². The Morgan fingerprint density at radius 3 is 1.89 bits per heavy atom. The van der Waals surface area contributed by atoms with Crippen molar-refractivity contribution in [3.05, 3.63) is 71.3 Å². The Bertz CT molecular complexity index is 668. The number of hydrogen-bond donors (Lipinski definition) is 0. The van der Waals surface area contributed by atoms with E-state index in [9.17, 15) is 9.59 Å². The van der Waals surface area contributed by atoms with E-state index in [1.54, 1.807) is 24.3 Å². The van der Waals surface area contributed by atoms with Crippen LogP contribution < -0.4 is 0 Å². The minimum atomic E-state index is -1.29. The standard InChI is InChI=1S/C16H10O3/c17-13-11-8-4-5-9-12(11)14(18)16(13)15(19-16)10-6-2-1-3-7-10/h1-9,15H/t15-/m0/s1. The predicted molar refractivity (Wildman–Crippen MR) is 68.1 cm³/mol. The van der Waals surface area contributed by atoms with Gasteiger partial charge in [0.2, 0.25) is 17.2 Å². The van der Waals surface area contributed by atoms with Gasteiger partial charge in [0.05, 0.1) is 0 Å². The van der Waals surface area contributed by atoms with Gasteiger partial charge < -0.3 is 4.74 Å². The summed E-state index contributed by atoms with van der Waals surface area (Å²) in [5.74, 6) is -0.413. The van der Waals surface area contributed by atoms with Gasteiger partial charge in [-0.2, -0.15) is 0 Å². The van der Waals surface area contributed by atoms with Gasteiger partial charge in [0.25, 0.3) is 0 Å². The molecule has 3 heteroatoms. The maximum absolute atomic E-state index is 12.4. The van der Waals surface area contributed by atoms with Gasteiger partial charge in [0.15, 0.2) is 0 Å². The van der Waals surface area contributed by atoms with Crippen LogP contribution in [0.3, 0.4) is 0 Å². The third-order valence-corrected chi connectivity index (χ3v) is 3.81. The van der Waals surface area contributed by atoms with Crippen LogP contribution in [0.5, 0.6) is 0 Å². The number of hydrogen-bond acceptors (Lipinski definition) is 3. The molecule has 0 N–H and O–H groups in total. The zero-order valence-electron chi connectivity index (χ0n) is 10.00. The van der Waals surface area contributed by atoms with Crippen molar-refractivity contribution >= 4 is 11.6 Å². The molecule has 2 aliphatic rings. The van der Waals surface area contributed by atoms with Gasteiger partial charge in [-0.1, -0.05) is 54.6 Å². The number of Topliss-reactive ketones (excluding diaryl/α,β-unsaturated/α-hetero) is 2. The normalized spacial score (nSPS) is 22.6. The Hall–Kier alpha value is -2.26. The van der Waals surface area contributed by atoms with E-state index in [-0.39, 0.29) is 11.6 Å². The number of ketones is 2. The molecule has 3 nitrogen and oxygen atoms in total. The fourth-order valence-electron chi connectivity index (χ4n) is 2.81. The molecule has 1 atom stereocenters. The molecule has 1 saturated heterocycles. The van der Waals surface area contributed by atoms with Gasteiger partial charge in [-0.3, -0.25) is 9.59 Å². The highest BCUT2D eigenvalue weighted by Gasteiger charge is 2.71. The molecule has 0 radical (unpaired) electrons. The quantitative estimate of drug-likeness (QED) is 0.577. The lowest BCUT2D eigenvalue weighted by Gasteiger charge is -1.99. The van der Waals surface area contributed by atoms with E-state index in [4.69, 9.17) is 4.74 Å². The fourth-order valence-corrected chi connectivity index (χ4v) is 2.81. The molecule has 1 spiro atoms. The molecule has 0 amide bonds. The van der Waals surface area contributed by atoms with Crippen LogP contribution in [0.25, 0.3) is 0 Å². The van der Waals surface area contributed by atoms with Crippen molar-refractivity contribution in [2.24, 2.45) is 0 Å². The molecule has 0 aromatic heterocycles. The minimum Gasteiger partial charge on any atom is -0.344 e. The summed E-state index contributed by atoms with van der Waals surface area (Å²) in [5.41, 5.74) is 0.541. The Morgan fingerprint density at radius 2 is 1.32 bits per heavy atom. The third kappa shape index (κ3) is 1.20. The molecule has 0 bridgehead atoms. The summed E-state index contributed by atoms with van der Waals surface area (Å²) in [4.78, 5) is 24.9. The molecule has 0 unspecified atom stereocenters. The van der Waals surface area contributed by atoms with Crippen LogP contribution in [0.2, 0.25) is 0 Å². The Labute approximate surface area is 109 Å². The van der Waals surface area contributed by atoms with E-state index in [0.717, 1.165) is 5.56 Å². The number of fused-ring (bicyclic) bond motifs is 1. The molecule has 2 aromatic rings. The number of benzene rings is 2. The number of carbonyl (C=O) groups excluding carboxylic acids is 2. The molecule has 92 valence electrons. The maximum atomic E-state index is 12.4. The lowest BCUT2D eigenvalue weighted by molar-refractivity contribution is 0.0785. The maximum Gasteiger partial charge on any atom is 0.224 e. The fraction of sp³-hybridized carbons (Fsp3) is 0.125. The molecular weight excluding hydrogens is 240 g/mol. The van der Waals surface area contributed by atoms with Crippen LogP contribution in [0, 0.1) is 0 Å². The second kappa shape index (κ2) is 3.39. The zero-order chi connectivity index (χ0) is 13.0. The Balaban J connectivity index is 1.81. The average molecular weight is 250 g/mol. The van der Waals surface area contributed by atoms with E-state index in [1.807, 2.05) is 30.3 Å². The van der Waals surface area contributed by atoms with Crippen LogP contribution in [-0.4, -0.2) is 17.2 Å². The Kier molecular flexibility index (Phi) is 1.90. The zero-order valence-corrected chi connectivity index (χ0v) is 10.00. The van der Waals surface area contributed by atoms with Crippen molar-refractivity contribution < 1.29 is 14.3 Å². The van der Waals surface area contributed by atoms with Crippen molar-refractivity contribution in [2.45, 2.75) is 11.7 Å². The number of carbonyl (C=O) groups is 2. The third-order valence-electron chi connectivity index (χ3n) is 3.81. The highest BCUT2D eigenvalue weighted by molar-refractivity contribution is 6.34. The van der Waals surface area contributed by atoms with Crippen molar-refractivity contribution in [1.82, 2.24) is 0 Å². The summed E-state index contributed by atoms with van der Waals surface area (Å²) in [7, 11) is 0. The van der Waals surface area contributed by atoms with Crippen LogP contribution in [-0.2, 0) is 4.74 Å². The van der Waals surface area contributed by atoms with E-state index < -0.39 is 11.7 Å². The van der Waals surface area contributed by atoms with Crippen LogP contribution in [0.15, 0.2) is 54.6 Å². The van der Waals surface area contributed by atoms with Gasteiger partial charge in [-0.25, -0.2) is 0 Å². The molecule has 1 heterocycles. The molecule has 1 aliphatic carbocycles. The first-order valence-electron chi connectivity index (χ1n) is 6.16. The molecule has 4 rings (SSSR count). The summed E-state index contributed by atoms with van der Waals surface area (Å²) in [5, 5.41) is 0. The highest BCUT2D eigenvalue weighted by Crippen LogP contribution is 2.56. The monoisotopic (exact) mass is 250 g/mol. The first-order chi connectivity index (χ1) is 9.25. The van der Waals surface area contributed by atoms with Gasteiger partial charge in [-0.05, 0) is 5.56 Å². The first-order valence-corrected chi connectivity index (χ1v) is 6.16. The molecule has 1 fully saturated rings. The molecule has 1 aliphatic heterocycles. The molecule has 19 heavy (non-hydrogen) atoms. The van der Waals surface area contributed by atoms with Gasteiger partial charge in [-0.15, -0.1) is 0 Å². The number of ether oxygens (including phenoxy) is 1. The molecule has 2 aromatic carbocycles. The summed E-state index contributed by atoms with van der Waals surface area (Å²) >= 11 is 0. The van der Waals surface area contributed by atoms with Crippen molar-refractivity contribution in [3.63, 3.8) is 0 Å². The lowest BCUT2D eigenvalue weighted by atomic mass is 9.95. The van der Waals surface area contributed by atoms with E-state index in [1.165, 1.54) is 0 Å². The average Bonchev–Trinajstić information content (AvgIpc) is 3.19. The largest absolute Gasteiger partial charge is 0.344 e. The summed E-state index contributed by atoms with van der Waals surface area (Å²) in [6.07, 6.45) is -0.443. The Morgan fingerprint density at radius 1 is 0.789 bits per heavy atom. The second-order valence-electron chi connectivity index (χ2n) is 4.85. The molecule has 0 saturated carbocycles. The topological polar surface area (TPSA) is 46.7 Å². The van der Waals surface area contributed by atoms with Crippen molar-refractivity contribution in [2.75, 3.05) is 0 Å². The summed E-state index contributed by atoms with van der Waals surface area (Å²) in [6, 6.07) is 16.3. The predicted octanol–water partition coefficient (Wildman–Crippen LogP) is 2.58. The molecular formula is C16H10O3. The minimum absolute atomic E-state index is 0.207. The SMILES string of the molecule is O=C1c2ccccc2C(=O)C12O[C@H]2c1ccccc1. The smallest absolute Gasteiger partial charge is 0.224 e. The lowest BCUT2D eigenvalue weighted by Crippen LogP contribution is -2.27. The van der Waals surface area contributed by atoms with Crippen molar-refractivity contribution in [1.29, 1.82) is 0 Å². The van der Waals surface area contributed by atoms with Crippen LogP contribution >= 0.6 is 0 Å². The van der Waals surface area contributed by atoms with Gasteiger partial charge >= 0.3 is 0 Å². The second-order valence-corrected chi connectivity index (χ2v) is 4.85. The summed E-state index contributed by atoms with van der Waals surface area (Å²) < 4.78 is 5.56. The van der Waals surface area contributed by atoms with Crippen LogP contribution in [0.1, 0.15) is 32.4 Å². The van der Waals surface area contributed by atoms with E-state index in [0.29, 0.717) is 11.1 Å². The summed E-state index contributed by atoms with van der Waals surface area (Å²) in [6.45, 7) is 0.